The average Bonchev–Trinajstić information content (AvgIpc) is 2.82. The summed E-state index contributed by atoms with van der Waals surface area (Å²) in [7, 11) is 0. The summed E-state index contributed by atoms with van der Waals surface area (Å²) in [5, 5.41) is 7.53. The number of hydrogen-bond acceptors (Lipinski definition) is 4. The van der Waals surface area contributed by atoms with Crippen molar-refractivity contribution in [1.82, 2.24) is 15.6 Å². The SMILES string of the molecule is O=C(NCCCCCCCCCCCCCCCBr)c1ccc(N2CCNCC2)nc1. The van der Waals surface area contributed by atoms with Crippen molar-refractivity contribution in [3.05, 3.63) is 23.9 Å². The first-order valence-electron chi connectivity index (χ1n) is 12.6. The summed E-state index contributed by atoms with van der Waals surface area (Å²) in [5.74, 6) is 0.954. The van der Waals surface area contributed by atoms with Crippen molar-refractivity contribution in [3.8, 4) is 0 Å². The Balaban J connectivity index is 1.40. The van der Waals surface area contributed by atoms with Crippen LogP contribution in [-0.2, 0) is 0 Å². The zero-order valence-electron chi connectivity index (χ0n) is 19.3. The van der Waals surface area contributed by atoms with Gasteiger partial charge in [-0.1, -0.05) is 86.6 Å². The lowest BCUT2D eigenvalue weighted by Gasteiger charge is -2.28. The zero-order valence-corrected chi connectivity index (χ0v) is 20.9. The fraction of sp³-hybridized carbons (Fsp3) is 0.760. The predicted molar refractivity (Wildman–Crippen MR) is 135 cm³/mol. The van der Waals surface area contributed by atoms with Gasteiger partial charge in [-0.3, -0.25) is 4.79 Å². The first-order chi connectivity index (χ1) is 15.3. The Morgan fingerprint density at radius 1 is 0.871 bits per heavy atom. The second kappa shape index (κ2) is 17.4. The third kappa shape index (κ3) is 11.9. The zero-order chi connectivity index (χ0) is 22.0. The molecular weight excluding hydrogens is 452 g/mol. The molecule has 1 aromatic heterocycles. The molecule has 2 rings (SSSR count). The highest BCUT2D eigenvalue weighted by molar-refractivity contribution is 9.09. The largest absolute Gasteiger partial charge is 0.354 e. The first kappa shape index (κ1) is 26.1. The van der Waals surface area contributed by atoms with E-state index < -0.39 is 0 Å². The number of carbonyl (C=O) groups excluding carboxylic acids is 1. The molecule has 2 N–H and O–H groups in total. The van der Waals surface area contributed by atoms with Crippen LogP contribution >= 0.6 is 15.9 Å². The van der Waals surface area contributed by atoms with Crippen LogP contribution in [-0.4, -0.2) is 48.9 Å². The minimum atomic E-state index is -0.00782. The molecule has 2 heterocycles. The summed E-state index contributed by atoms with van der Waals surface area (Å²) in [6, 6.07) is 3.86. The molecule has 0 unspecified atom stereocenters. The number of anilines is 1. The van der Waals surface area contributed by atoms with E-state index in [0.717, 1.165) is 50.3 Å². The number of carbonyl (C=O) groups is 1. The van der Waals surface area contributed by atoms with Crippen LogP contribution in [0.5, 0.6) is 0 Å². The number of nitrogens with one attached hydrogen (secondary N) is 2. The van der Waals surface area contributed by atoms with E-state index in [1.807, 2.05) is 12.1 Å². The third-order valence-corrected chi connectivity index (χ3v) is 6.61. The molecule has 0 radical (unpaired) electrons. The summed E-state index contributed by atoms with van der Waals surface area (Å²) in [5.41, 5.74) is 0.655. The van der Waals surface area contributed by atoms with E-state index in [2.05, 4.69) is 36.4 Å². The van der Waals surface area contributed by atoms with Gasteiger partial charge in [0.25, 0.3) is 5.91 Å². The lowest BCUT2D eigenvalue weighted by atomic mass is 10.0. The van der Waals surface area contributed by atoms with Crippen molar-refractivity contribution in [2.75, 3.05) is 43.0 Å². The molecule has 0 aromatic carbocycles. The maximum atomic E-state index is 12.3. The minimum Gasteiger partial charge on any atom is -0.354 e. The Labute approximate surface area is 198 Å². The van der Waals surface area contributed by atoms with Crippen LogP contribution in [0.2, 0.25) is 0 Å². The van der Waals surface area contributed by atoms with Gasteiger partial charge in [0.2, 0.25) is 0 Å². The summed E-state index contributed by atoms with van der Waals surface area (Å²) in [4.78, 5) is 19.0. The molecule has 0 saturated carbocycles. The molecule has 0 aliphatic carbocycles. The molecule has 0 spiro atoms. The molecule has 1 aliphatic heterocycles. The van der Waals surface area contributed by atoms with Crippen molar-refractivity contribution in [3.63, 3.8) is 0 Å². The molecule has 1 aromatic rings. The lowest BCUT2D eigenvalue weighted by molar-refractivity contribution is 0.0952. The van der Waals surface area contributed by atoms with E-state index in [1.54, 1.807) is 6.20 Å². The number of alkyl halides is 1. The summed E-state index contributed by atoms with van der Waals surface area (Å²) in [6.45, 7) is 4.67. The molecule has 1 fully saturated rings. The highest BCUT2D eigenvalue weighted by Crippen LogP contribution is 2.13. The average molecular weight is 496 g/mol. The molecule has 1 aliphatic rings. The summed E-state index contributed by atoms with van der Waals surface area (Å²) >= 11 is 3.49. The Hall–Kier alpha value is -1.14. The van der Waals surface area contributed by atoms with Crippen LogP contribution in [0.15, 0.2) is 18.3 Å². The standard InChI is InChI=1S/C25H43BrN4O/c26-16-12-10-8-6-4-2-1-3-5-7-9-11-13-17-28-25(31)23-14-15-24(29-22-23)30-20-18-27-19-21-30/h14-15,22,27H,1-13,16-21H2,(H,28,31). The van der Waals surface area contributed by atoms with E-state index in [9.17, 15) is 4.79 Å². The number of aromatic nitrogens is 1. The topological polar surface area (TPSA) is 57.3 Å². The number of nitrogens with zero attached hydrogens (tertiary/aromatic N) is 2. The quantitative estimate of drug-likeness (QED) is 0.215. The van der Waals surface area contributed by atoms with Gasteiger partial charge in [0.15, 0.2) is 0 Å². The molecule has 1 amide bonds. The van der Waals surface area contributed by atoms with Crippen LogP contribution in [0.1, 0.15) is 93.8 Å². The van der Waals surface area contributed by atoms with Crippen molar-refractivity contribution < 1.29 is 4.79 Å². The summed E-state index contributed by atoms with van der Waals surface area (Å²) in [6.07, 6.45) is 19.1. The predicted octanol–water partition coefficient (Wildman–Crippen LogP) is 5.69. The van der Waals surface area contributed by atoms with E-state index >= 15 is 0 Å². The Morgan fingerprint density at radius 2 is 1.42 bits per heavy atom. The molecule has 5 nitrogen and oxygen atoms in total. The van der Waals surface area contributed by atoms with Gasteiger partial charge in [-0.05, 0) is 25.0 Å². The van der Waals surface area contributed by atoms with Crippen LogP contribution < -0.4 is 15.5 Å². The maximum Gasteiger partial charge on any atom is 0.252 e. The van der Waals surface area contributed by atoms with Crippen molar-refractivity contribution >= 4 is 27.7 Å². The Morgan fingerprint density at radius 3 is 1.94 bits per heavy atom. The van der Waals surface area contributed by atoms with Gasteiger partial charge >= 0.3 is 0 Å². The van der Waals surface area contributed by atoms with Gasteiger partial charge in [0, 0.05) is 44.3 Å². The van der Waals surface area contributed by atoms with Crippen molar-refractivity contribution in [1.29, 1.82) is 0 Å². The van der Waals surface area contributed by atoms with Crippen LogP contribution in [0.3, 0.4) is 0 Å². The highest BCUT2D eigenvalue weighted by atomic mass is 79.9. The van der Waals surface area contributed by atoms with Gasteiger partial charge in [-0.15, -0.1) is 0 Å². The van der Waals surface area contributed by atoms with E-state index in [1.165, 1.54) is 77.0 Å². The summed E-state index contributed by atoms with van der Waals surface area (Å²) < 4.78 is 0. The number of amides is 1. The molecule has 1 saturated heterocycles. The number of hydrogen-bond donors (Lipinski definition) is 2. The van der Waals surface area contributed by atoms with Gasteiger partial charge in [-0.2, -0.15) is 0 Å². The van der Waals surface area contributed by atoms with Gasteiger partial charge in [0.1, 0.15) is 5.82 Å². The van der Waals surface area contributed by atoms with Gasteiger partial charge < -0.3 is 15.5 Å². The fourth-order valence-electron chi connectivity index (χ4n) is 4.07. The second-order valence-corrected chi connectivity index (χ2v) is 9.48. The molecule has 0 bridgehead atoms. The van der Waals surface area contributed by atoms with Gasteiger partial charge in [0.05, 0.1) is 5.56 Å². The van der Waals surface area contributed by atoms with Crippen LogP contribution in [0, 0.1) is 0 Å². The minimum absolute atomic E-state index is 0.00782. The molecule has 176 valence electrons. The molecule has 0 atom stereocenters. The number of rotatable bonds is 17. The third-order valence-electron chi connectivity index (χ3n) is 6.05. The Bertz CT molecular complexity index is 575. The first-order valence-corrected chi connectivity index (χ1v) is 13.7. The number of pyridine rings is 1. The Kier molecular flexibility index (Phi) is 14.7. The number of halogens is 1. The number of unbranched alkanes of at least 4 members (excludes halogenated alkanes) is 12. The maximum absolute atomic E-state index is 12.3. The van der Waals surface area contributed by atoms with Crippen molar-refractivity contribution in [2.45, 2.75) is 83.5 Å². The fourth-order valence-corrected chi connectivity index (χ4v) is 4.47. The highest BCUT2D eigenvalue weighted by Gasteiger charge is 2.12. The van der Waals surface area contributed by atoms with E-state index in [0.29, 0.717) is 5.56 Å². The van der Waals surface area contributed by atoms with Crippen LogP contribution in [0.25, 0.3) is 0 Å². The molecule has 31 heavy (non-hydrogen) atoms. The molecular formula is C25H43BrN4O. The second-order valence-electron chi connectivity index (χ2n) is 8.68. The monoisotopic (exact) mass is 494 g/mol. The number of piperazine rings is 1. The van der Waals surface area contributed by atoms with Crippen LogP contribution in [0.4, 0.5) is 5.82 Å². The van der Waals surface area contributed by atoms with E-state index in [4.69, 9.17) is 0 Å². The normalized spacial score (nSPS) is 14.0. The van der Waals surface area contributed by atoms with Crippen molar-refractivity contribution in [2.24, 2.45) is 0 Å². The smallest absolute Gasteiger partial charge is 0.252 e. The molecule has 6 heteroatoms. The lowest BCUT2D eigenvalue weighted by Crippen LogP contribution is -2.43. The van der Waals surface area contributed by atoms with Gasteiger partial charge in [-0.25, -0.2) is 4.98 Å². The van der Waals surface area contributed by atoms with E-state index in [-0.39, 0.29) is 5.91 Å².